The van der Waals surface area contributed by atoms with Gasteiger partial charge in [0.05, 0.1) is 18.8 Å². The molecule has 158 valence electrons. The van der Waals surface area contributed by atoms with Crippen molar-refractivity contribution in [3.63, 3.8) is 0 Å². The zero-order chi connectivity index (χ0) is 21.2. The standard InChI is InChI=1S/C23H28FN5O/c1-3-25-23(27-16-19-7-10-22(24)20(15-19)17-30-2)26-13-11-18-5-8-21(9-6-18)29-14-4-12-28-29/h4-10,12,14-15H,3,11,13,16-17H2,1-2H3,(H2,25,26,27). The monoisotopic (exact) mass is 409 g/mol. The van der Waals surface area contributed by atoms with Crippen LogP contribution in [0.1, 0.15) is 23.6 Å². The summed E-state index contributed by atoms with van der Waals surface area (Å²) >= 11 is 0. The van der Waals surface area contributed by atoms with Gasteiger partial charge in [0.25, 0.3) is 0 Å². The van der Waals surface area contributed by atoms with E-state index in [1.54, 1.807) is 25.4 Å². The van der Waals surface area contributed by atoms with Crippen LogP contribution in [0.15, 0.2) is 65.9 Å². The summed E-state index contributed by atoms with van der Waals surface area (Å²) in [6.45, 7) is 4.26. The predicted octanol–water partition coefficient (Wildman–Crippen LogP) is 3.46. The topological polar surface area (TPSA) is 63.5 Å². The lowest BCUT2D eigenvalue weighted by Gasteiger charge is -2.12. The number of nitrogens with zero attached hydrogens (tertiary/aromatic N) is 3. The molecule has 3 rings (SSSR count). The average molecular weight is 410 g/mol. The number of halogens is 1. The highest BCUT2D eigenvalue weighted by molar-refractivity contribution is 5.79. The summed E-state index contributed by atoms with van der Waals surface area (Å²) in [5, 5.41) is 10.8. The number of rotatable bonds is 9. The molecular formula is C23H28FN5O. The molecule has 0 aliphatic heterocycles. The number of guanidine groups is 1. The minimum atomic E-state index is -0.256. The summed E-state index contributed by atoms with van der Waals surface area (Å²) < 4.78 is 20.6. The molecule has 0 radical (unpaired) electrons. The number of hydrogen-bond donors (Lipinski definition) is 2. The number of hydrogen-bond acceptors (Lipinski definition) is 3. The third-order valence-corrected chi connectivity index (χ3v) is 4.59. The molecule has 2 aromatic carbocycles. The van der Waals surface area contributed by atoms with E-state index in [4.69, 9.17) is 4.74 Å². The number of aliphatic imine (C=N–C) groups is 1. The van der Waals surface area contributed by atoms with E-state index in [2.05, 4.69) is 45.0 Å². The minimum absolute atomic E-state index is 0.251. The lowest BCUT2D eigenvalue weighted by atomic mass is 10.1. The van der Waals surface area contributed by atoms with Crippen LogP contribution in [0.3, 0.4) is 0 Å². The van der Waals surface area contributed by atoms with E-state index in [0.717, 1.165) is 36.7 Å². The Kier molecular flexibility index (Phi) is 7.97. The molecule has 1 aromatic heterocycles. The Hall–Kier alpha value is -3.19. The highest BCUT2D eigenvalue weighted by Crippen LogP contribution is 2.13. The molecule has 0 bridgehead atoms. The van der Waals surface area contributed by atoms with E-state index >= 15 is 0 Å². The number of benzene rings is 2. The molecule has 0 saturated heterocycles. The van der Waals surface area contributed by atoms with Gasteiger partial charge in [-0.25, -0.2) is 14.1 Å². The number of ether oxygens (including phenoxy) is 1. The Bertz CT molecular complexity index is 939. The Labute approximate surface area is 176 Å². The summed E-state index contributed by atoms with van der Waals surface area (Å²) in [5.74, 6) is 0.483. The van der Waals surface area contributed by atoms with Crippen molar-refractivity contribution >= 4 is 5.96 Å². The summed E-state index contributed by atoms with van der Waals surface area (Å²) in [7, 11) is 1.56. The third kappa shape index (κ3) is 6.15. The molecule has 30 heavy (non-hydrogen) atoms. The average Bonchev–Trinajstić information content (AvgIpc) is 3.30. The van der Waals surface area contributed by atoms with E-state index in [-0.39, 0.29) is 12.4 Å². The molecule has 1 heterocycles. The molecule has 0 saturated carbocycles. The maximum atomic E-state index is 13.8. The summed E-state index contributed by atoms with van der Waals surface area (Å²) in [4.78, 5) is 4.61. The van der Waals surface area contributed by atoms with Crippen LogP contribution in [-0.2, 0) is 24.3 Å². The van der Waals surface area contributed by atoms with Crippen molar-refractivity contribution in [2.75, 3.05) is 20.2 Å². The second-order valence-electron chi connectivity index (χ2n) is 6.85. The molecule has 0 amide bonds. The first-order chi connectivity index (χ1) is 14.7. The molecule has 3 aromatic rings. The van der Waals surface area contributed by atoms with Gasteiger partial charge in [0, 0.05) is 38.2 Å². The molecule has 0 unspecified atom stereocenters. The highest BCUT2D eigenvalue weighted by Gasteiger charge is 2.04. The normalized spacial score (nSPS) is 11.5. The van der Waals surface area contributed by atoms with Gasteiger partial charge in [-0.15, -0.1) is 0 Å². The molecule has 2 N–H and O–H groups in total. The fourth-order valence-electron chi connectivity index (χ4n) is 3.07. The van der Waals surface area contributed by atoms with Gasteiger partial charge in [-0.05, 0) is 54.8 Å². The van der Waals surface area contributed by atoms with Crippen molar-refractivity contribution in [2.45, 2.75) is 26.5 Å². The zero-order valence-corrected chi connectivity index (χ0v) is 17.4. The molecular weight excluding hydrogens is 381 g/mol. The van der Waals surface area contributed by atoms with E-state index in [0.29, 0.717) is 12.1 Å². The highest BCUT2D eigenvalue weighted by atomic mass is 19.1. The SMILES string of the molecule is CCNC(=NCc1ccc(F)c(COC)c1)NCCc1ccc(-n2cccn2)cc1. The van der Waals surface area contributed by atoms with Crippen LogP contribution in [0.5, 0.6) is 0 Å². The van der Waals surface area contributed by atoms with E-state index in [1.807, 2.05) is 23.9 Å². The Balaban J connectivity index is 1.54. The van der Waals surface area contributed by atoms with E-state index in [1.165, 1.54) is 11.6 Å². The summed E-state index contributed by atoms with van der Waals surface area (Å²) in [6, 6.07) is 15.3. The number of nitrogens with one attached hydrogen (secondary N) is 2. The number of methoxy groups -OCH3 is 1. The molecule has 0 atom stereocenters. The lowest BCUT2D eigenvalue weighted by molar-refractivity contribution is 0.181. The molecule has 6 nitrogen and oxygen atoms in total. The van der Waals surface area contributed by atoms with Crippen LogP contribution in [-0.4, -0.2) is 35.9 Å². The van der Waals surface area contributed by atoms with Crippen LogP contribution in [0.2, 0.25) is 0 Å². The second kappa shape index (κ2) is 11.1. The van der Waals surface area contributed by atoms with Gasteiger partial charge >= 0.3 is 0 Å². The van der Waals surface area contributed by atoms with Crippen LogP contribution in [0, 0.1) is 5.82 Å². The fourth-order valence-corrected chi connectivity index (χ4v) is 3.07. The largest absolute Gasteiger partial charge is 0.380 e. The van der Waals surface area contributed by atoms with Gasteiger partial charge in [0.2, 0.25) is 0 Å². The Morgan fingerprint density at radius 2 is 1.93 bits per heavy atom. The van der Waals surface area contributed by atoms with Crippen LogP contribution in [0.25, 0.3) is 5.69 Å². The third-order valence-electron chi connectivity index (χ3n) is 4.59. The summed E-state index contributed by atoms with van der Waals surface area (Å²) in [6.07, 6.45) is 4.57. The van der Waals surface area contributed by atoms with Crippen molar-refractivity contribution in [3.8, 4) is 5.69 Å². The fraction of sp³-hybridized carbons (Fsp3) is 0.304. The lowest BCUT2D eigenvalue weighted by Crippen LogP contribution is -2.38. The quantitative estimate of drug-likeness (QED) is 0.420. The van der Waals surface area contributed by atoms with Crippen molar-refractivity contribution in [2.24, 2.45) is 4.99 Å². The van der Waals surface area contributed by atoms with Crippen LogP contribution in [0.4, 0.5) is 4.39 Å². The first-order valence-corrected chi connectivity index (χ1v) is 10.1. The summed E-state index contributed by atoms with van der Waals surface area (Å²) in [5.41, 5.74) is 3.76. The Morgan fingerprint density at radius 3 is 2.63 bits per heavy atom. The number of aromatic nitrogens is 2. The van der Waals surface area contributed by atoms with Crippen LogP contribution >= 0.6 is 0 Å². The molecule has 0 aliphatic rings. The van der Waals surface area contributed by atoms with Gasteiger partial charge < -0.3 is 15.4 Å². The maximum absolute atomic E-state index is 13.8. The Morgan fingerprint density at radius 1 is 1.13 bits per heavy atom. The zero-order valence-electron chi connectivity index (χ0n) is 17.4. The van der Waals surface area contributed by atoms with Gasteiger partial charge in [0.15, 0.2) is 5.96 Å². The van der Waals surface area contributed by atoms with E-state index in [9.17, 15) is 4.39 Å². The smallest absolute Gasteiger partial charge is 0.191 e. The van der Waals surface area contributed by atoms with Crippen molar-refractivity contribution in [3.05, 3.63) is 83.4 Å². The molecule has 7 heteroatoms. The van der Waals surface area contributed by atoms with Crippen molar-refractivity contribution in [1.82, 2.24) is 20.4 Å². The maximum Gasteiger partial charge on any atom is 0.191 e. The predicted molar refractivity (Wildman–Crippen MR) is 117 cm³/mol. The molecule has 0 spiro atoms. The first-order valence-electron chi connectivity index (χ1n) is 10.1. The van der Waals surface area contributed by atoms with Crippen molar-refractivity contribution in [1.29, 1.82) is 0 Å². The van der Waals surface area contributed by atoms with Gasteiger partial charge in [-0.2, -0.15) is 5.10 Å². The van der Waals surface area contributed by atoms with Gasteiger partial charge in [0.1, 0.15) is 5.82 Å². The minimum Gasteiger partial charge on any atom is -0.380 e. The molecule has 0 fully saturated rings. The second-order valence-corrected chi connectivity index (χ2v) is 6.85. The van der Waals surface area contributed by atoms with Crippen LogP contribution < -0.4 is 10.6 Å². The van der Waals surface area contributed by atoms with Gasteiger partial charge in [-0.1, -0.05) is 18.2 Å². The van der Waals surface area contributed by atoms with E-state index < -0.39 is 0 Å². The first kappa shape index (κ1) is 21.5. The van der Waals surface area contributed by atoms with Gasteiger partial charge in [-0.3, -0.25) is 0 Å². The molecule has 0 aliphatic carbocycles. The van der Waals surface area contributed by atoms with Crippen molar-refractivity contribution < 1.29 is 9.13 Å².